The molecule has 0 spiro atoms. The van der Waals surface area contributed by atoms with Gasteiger partial charge in [-0.2, -0.15) is 0 Å². The number of rotatable bonds is 5. The molecule has 1 fully saturated rings. The van der Waals surface area contributed by atoms with Crippen molar-refractivity contribution in [1.29, 1.82) is 0 Å². The molecule has 1 N–H and O–H groups in total. The standard InChI is InChI=1S/C14H15N3O5/c1-2-20-10-5-3-9(4-6-10)17-8-11(21-14(17)19)7-12-15-16-13(18)22-12/h3-6,11H,2,7-8H2,1H3,(H,16,18). The minimum Gasteiger partial charge on any atom is -0.494 e. The third kappa shape index (κ3) is 2.95. The molecule has 3 rings (SSSR count). The fourth-order valence-electron chi connectivity index (χ4n) is 2.27. The quantitative estimate of drug-likeness (QED) is 0.895. The van der Waals surface area contributed by atoms with Gasteiger partial charge in [-0.15, -0.1) is 5.10 Å². The van der Waals surface area contributed by atoms with Crippen LogP contribution in [0.2, 0.25) is 0 Å². The summed E-state index contributed by atoms with van der Waals surface area (Å²) < 4.78 is 15.4. The van der Waals surface area contributed by atoms with Crippen molar-refractivity contribution in [1.82, 2.24) is 10.2 Å². The molecule has 8 heteroatoms. The number of anilines is 1. The molecule has 116 valence electrons. The fourth-order valence-corrected chi connectivity index (χ4v) is 2.27. The van der Waals surface area contributed by atoms with E-state index in [-0.39, 0.29) is 12.3 Å². The lowest BCUT2D eigenvalue weighted by Crippen LogP contribution is -2.24. The van der Waals surface area contributed by atoms with E-state index in [0.717, 1.165) is 11.4 Å². The van der Waals surface area contributed by atoms with Gasteiger partial charge in [-0.05, 0) is 31.2 Å². The van der Waals surface area contributed by atoms with Crippen molar-refractivity contribution in [3.05, 3.63) is 40.7 Å². The van der Waals surface area contributed by atoms with E-state index in [1.807, 2.05) is 6.92 Å². The molecule has 1 aliphatic heterocycles. The van der Waals surface area contributed by atoms with Gasteiger partial charge in [0.15, 0.2) is 0 Å². The first kappa shape index (κ1) is 14.2. The molecule has 0 saturated carbocycles. The monoisotopic (exact) mass is 305 g/mol. The van der Waals surface area contributed by atoms with Crippen LogP contribution in [0, 0.1) is 0 Å². The number of carbonyl (C=O) groups is 1. The number of H-pyrrole nitrogens is 1. The Morgan fingerprint density at radius 3 is 2.77 bits per heavy atom. The zero-order valence-corrected chi connectivity index (χ0v) is 11.9. The van der Waals surface area contributed by atoms with Crippen molar-refractivity contribution < 1.29 is 18.7 Å². The molecule has 2 aromatic rings. The predicted molar refractivity (Wildman–Crippen MR) is 76.1 cm³/mol. The zero-order chi connectivity index (χ0) is 15.5. The van der Waals surface area contributed by atoms with Crippen molar-refractivity contribution in [2.45, 2.75) is 19.4 Å². The molecule has 8 nitrogen and oxygen atoms in total. The van der Waals surface area contributed by atoms with E-state index >= 15 is 0 Å². The highest BCUT2D eigenvalue weighted by Gasteiger charge is 2.33. The van der Waals surface area contributed by atoms with E-state index in [1.165, 1.54) is 4.90 Å². The van der Waals surface area contributed by atoms with E-state index in [2.05, 4.69) is 10.2 Å². The maximum atomic E-state index is 11.9. The number of nitrogens with one attached hydrogen (secondary N) is 1. The van der Waals surface area contributed by atoms with Gasteiger partial charge in [0.1, 0.15) is 11.9 Å². The SMILES string of the molecule is CCOc1ccc(N2CC(Cc3n[nH]c(=O)o3)OC2=O)cc1. The molecule has 1 aromatic carbocycles. The van der Waals surface area contributed by atoms with Gasteiger partial charge in [-0.3, -0.25) is 4.90 Å². The average molecular weight is 305 g/mol. The summed E-state index contributed by atoms with van der Waals surface area (Å²) in [6.07, 6.45) is -0.601. The zero-order valence-electron chi connectivity index (χ0n) is 11.9. The van der Waals surface area contributed by atoms with Crippen molar-refractivity contribution in [2.75, 3.05) is 18.1 Å². The fraction of sp³-hybridized carbons (Fsp3) is 0.357. The molecular weight excluding hydrogens is 290 g/mol. The second-order valence-corrected chi connectivity index (χ2v) is 4.75. The highest BCUT2D eigenvalue weighted by Crippen LogP contribution is 2.25. The van der Waals surface area contributed by atoms with Crippen LogP contribution < -0.4 is 15.4 Å². The molecule has 1 atom stereocenters. The number of nitrogens with zero attached hydrogens (tertiary/aromatic N) is 2. The van der Waals surface area contributed by atoms with Gasteiger partial charge in [0.05, 0.1) is 19.6 Å². The van der Waals surface area contributed by atoms with Crippen LogP contribution in [-0.4, -0.2) is 35.5 Å². The third-order valence-corrected chi connectivity index (χ3v) is 3.22. The number of carbonyl (C=O) groups excluding carboxylic acids is 1. The molecule has 22 heavy (non-hydrogen) atoms. The van der Waals surface area contributed by atoms with Crippen LogP contribution in [0.1, 0.15) is 12.8 Å². The highest BCUT2D eigenvalue weighted by atomic mass is 16.6. The summed E-state index contributed by atoms with van der Waals surface area (Å²) in [6.45, 7) is 2.86. The van der Waals surface area contributed by atoms with Crippen molar-refractivity contribution in [3.63, 3.8) is 0 Å². The van der Waals surface area contributed by atoms with E-state index in [4.69, 9.17) is 13.9 Å². The summed E-state index contributed by atoms with van der Waals surface area (Å²) in [7, 11) is 0. The Kier molecular flexibility index (Phi) is 3.82. The molecule has 1 saturated heterocycles. The number of ether oxygens (including phenoxy) is 2. The number of benzene rings is 1. The largest absolute Gasteiger partial charge is 0.494 e. The number of amides is 1. The molecule has 1 aliphatic rings. The Labute approximate surface area is 125 Å². The summed E-state index contributed by atoms with van der Waals surface area (Å²) >= 11 is 0. The molecule has 1 amide bonds. The molecule has 0 radical (unpaired) electrons. The molecule has 2 heterocycles. The van der Waals surface area contributed by atoms with Gasteiger partial charge >= 0.3 is 11.8 Å². The Bertz CT molecular complexity index is 706. The second-order valence-electron chi connectivity index (χ2n) is 4.75. The molecule has 0 bridgehead atoms. The summed E-state index contributed by atoms with van der Waals surface area (Å²) in [4.78, 5) is 24.3. The lowest BCUT2D eigenvalue weighted by Gasteiger charge is -2.13. The van der Waals surface area contributed by atoms with E-state index in [0.29, 0.717) is 13.2 Å². The molecular formula is C14H15N3O5. The summed E-state index contributed by atoms with van der Waals surface area (Å²) in [5, 5.41) is 5.88. The van der Waals surface area contributed by atoms with Crippen molar-refractivity contribution in [3.8, 4) is 5.75 Å². The number of aromatic nitrogens is 2. The lowest BCUT2D eigenvalue weighted by molar-refractivity contribution is 0.137. The Morgan fingerprint density at radius 2 is 2.14 bits per heavy atom. The smallest absolute Gasteiger partial charge is 0.434 e. The van der Waals surface area contributed by atoms with Crippen LogP contribution in [0.4, 0.5) is 10.5 Å². The molecule has 1 unspecified atom stereocenters. The predicted octanol–water partition coefficient (Wildman–Crippen LogP) is 1.33. The third-order valence-electron chi connectivity index (χ3n) is 3.22. The Balaban J connectivity index is 1.67. The minimum absolute atomic E-state index is 0.219. The number of aromatic amines is 1. The van der Waals surface area contributed by atoms with Crippen molar-refractivity contribution >= 4 is 11.8 Å². The maximum absolute atomic E-state index is 11.9. The van der Waals surface area contributed by atoms with Crippen LogP contribution in [0.25, 0.3) is 0 Å². The lowest BCUT2D eigenvalue weighted by atomic mass is 10.2. The van der Waals surface area contributed by atoms with Crippen LogP contribution in [0.3, 0.4) is 0 Å². The van der Waals surface area contributed by atoms with Crippen LogP contribution in [0.5, 0.6) is 5.75 Å². The summed E-state index contributed by atoms with van der Waals surface area (Å²) in [5.41, 5.74) is 0.722. The number of cyclic esters (lactones) is 1. The number of hydrogen-bond acceptors (Lipinski definition) is 6. The van der Waals surface area contributed by atoms with Gasteiger partial charge in [0, 0.05) is 5.69 Å². The highest BCUT2D eigenvalue weighted by molar-refractivity contribution is 5.89. The first-order valence-electron chi connectivity index (χ1n) is 6.91. The normalized spacial score (nSPS) is 17.6. The molecule has 0 aliphatic carbocycles. The van der Waals surface area contributed by atoms with Crippen LogP contribution >= 0.6 is 0 Å². The second kappa shape index (κ2) is 5.92. The number of hydrogen-bond donors (Lipinski definition) is 1. The first-order valence-corrected chi connectivity index (χ1v) is 6.91. The van der Waals surface area contributed by atoms with Gasteiger partial charge < -0.3 is 13.9 Å². The van der Waals surface area contributed by atoms with Gasteiger partial charge in [-0.1, -0.05) is 0 Å². The van der Waals surface area contributed by atoms with Gasteiger partial charge in [0.25, 0.3) is 0 Å². The van der Waals surface area contributed by atoms with Crippen LogP contribution in [-0.2, 0) is 11.2 Å². The van der Waals surface area contributed by atoms with Gasteiger partial charge in [-0.25, -0.2) is 14.7 Å². The van der Waals surface area contributed by atoms with Crippen LogP contribution in [0.15, 0.2) is 33.5 Å². The average Bonchev–Trinajstić information content (AvgIpc) is 3.06. The summed E-state index contributed by atoms with van der Waals surface area (Å²) in [6, 6.07) is 7.19. The summed E-state index contributed by atoms with van der Waals surface area (Å²) in [5.74, 6) is 0.340. The van der Waals surface area contributed by atoms with E-state index in [1.54, 1.807) is 24.3 Å². The van der Waals surface area contributed by atoms with E-state index in [9.17, 15) is 9.59 Å². The van der Waals surface area contributed by atoms with Crippen molar-refractivity contribution in [2.24, 2.45) is 0 Å². The molecule has 1 aromatic heterocycles. The van der Waals surface area contributed by atoms with E-state index < -0.39 is 18.0 Å². The Hall–Kier alpha value is -2.77. The minimum atomic E-state index is -0.623. The first-order chi connectivity index (χ1) is 10.7. The van der Waals surface area contributed by atoms with Gasteiger partial charge in [0.2, 0.25) is 5.89 Å². The Morgan fingerprint density at radius 1 is 1.36 bits per heavy atom. The topological polar surface area (TPSA) is 97.7 Å². The maximum Gasteiger partial charge on any atom is 0.434 e.